The zero-order chi connectivity index (χ0) is 18.1. The Morgan fingerprint density at radius 3 is 2.96 bits per heavy atom. The molecule has 0 aliphatic heterocycles. The van der Waals surface area contributed by atoms with E-state index in [4.69, 9.17) is 0 Å². The van der Waals surface area contributed by atoms with E-state index < -0.39 is 0 Å². The third-order valence-corrected chi connectivity index (χ3v) is 4.12. The number of likely N-dealkylation sites (N-methyl/N-ethyl adjacent to an activating group) is 1. The summed E-state index contributed by atoms with van der Waals surface area (Å²) in [5.41, 5.74) is 4.64. The normalized spacial score (nSPS) is 11.5. The van der Waals surface area contributed by atoms with Crippen molar-refractivity contribution >= 4 is 22.5 Å². The van der Waals surface area contributed by atoms with E-state index in [9.17, 15) is 4.79 Å². The van der Waals surface area contributed by atoms with Crippen molar-refractivity contribution in [1.29, 1.82) is 0 Å². The van der Waals surface area contributed by atoms with E-state index in [0.717, 1.165) is 33.4 Å². The number of nitrogens with zero attached hydrogens (tertiary/aromatic N) is 5. The van der Waals surface area contributed by atoms with Crippen LogP contribution in [0.3, 0.4) is 0 Å². The molecule has 4 aromatic rings. The number of pyridine rings is 1. The maximum atomic E-state index is 11.8. The van der Waals surface area contributed by atoms with Crippen molar-refractivity contribution in [2.24, 2.45) is 0 Å². The van der Waals surface area contributed by atoms with Crippen LogP contribution in [0.4, 0.5) is 0 Å². The molecule has 0 atom stereocenters. The highest BCUT2D eigenvalue weighted by molar-refractivity contribution is 5.97. The minimum Gasteiger partial charge on any atom is -0.349 e. The highest BCUT2D eigenvalue weighted by Crippen LogP contribution is 2.30. The number of H-pyrrole nitrogens is 1. The number of nitrogens with one attached hydrogen (secondary N) is 2. The Hall–Kier alpha value is -3.26. The Morgan fingerprint density at radius 1 is 1.23 bits per heavy atom. The second-order valence-electron chi connectivity index (χ2n) is 6.39. The minimum absolute atomic E-state index is 0.0180. The van der Waals surface area contributed by atoms with Crippen LogP contribution >= 0.6 is 0 Å². The van der Waals surface area contributed by atoms with Gasteiger partial charge in [-0.3, -0.25) is 4.79 Å². The lowest BCUT2D eigenvalue weighted by Crippen LogP contribution is -2.32. The lowest BCUT2D eigenvalue weighted by molar-refractivity contribution is -0.121. The molecule has 0 saturated heterocycles. The van der Waals surface area contributed by atoms with Gasteiger partial charge in [-0.2, -0.15) is 14.8 Å². The van der Waals surface area contributed by atoms with Gasteiger partial charge >= 0.3 is 0 Å². The first-order valence-corrected chi connectivity index (χ1v) is 8.29. The van der Waals surface area contributed by atoms with Crippen molar-refractivity contribution < 1.29 is 4.79 Å². The molecule has 0 saturated carbocycles. The van der Waals surface area contributed by atoms with Crippen LogP contribution in [0.5, 0.6) is 0 Å². The van der Waals surface area contributed by atoms with Crippen LogP contribution in [0.15, 0.2) is 42.9 Å². The van der Waals surface area contributed by atoms with Crippen molar-refractivity contribution in [3.05, 3.63) is 48.5 Å². The van der Waals surface area contributed by atoms with Crippen molar-refractivity contribution in [1.82, 2.24) is 35.0 Å². The fraction of sp³-hybridized carbons (Fsp3) is 0.222. The molecule has 1 amide bonds. The van der Waals surface area contributed by atoms with Gasteiger partial charge in [-0.25, -0.2) is 4.98 Å². The Balaban J connectivity index is 1.67. The number of hydrogen-bond acceptors (Lipinski definition) is 5. The first-order chi connectivity index (χ1) is 12.6. The molecule has 0 unspecified atom stereocenters. The zero-order valence-corrected chi connectivity index (χ0v) is 14.6. The summed E-state index contributed by atoms with van der Waals surface area (Å²) in [4.78, 5) is 21.4. The smallest absolute Gasteiger partial charge is 0.234 e. The fourth-order valence-electron chi connectivity index (χ4n) is 2.99. The molecule has 0 fully saturated rings. The number of aromatic nitrogens is 5. The van der Waals surface area contributed by atoms with Crippen molar-refractivity contribution in [2.45, 2.75) is 6.54 Å². The minimum atomic E-state index is -0.0180. The number of aromatic amines is 1. The standard InChI is InChI=1S/C18H19N7O/c1-24(2)11-17(26)20-9-12-8-14-13(5-7-19-18(14)23-12)15-10-22-25-16(15)4-3-6-21-25/h3-8,10H,9,11H2,1-2H3,(H,19,23)(H,20,26). The second-order valence-corrected chi connectivity index (χ2v) is 6.39. The molecule has 0 spiro atoms. The second kappa shape index (κ2) is 6.57. The average molecular weight is 349 g/mol. The third kappa shape index (κ3) is 3.02. The summed E-state index contributed by atoms with van der Waals surface area (Å²) in [5.74, 6) is -0.0180. The predicted octanol–water partition coefficient (Wildman–Crippen LogP) is 1.45. The molecule has 4 aromatic heterocycles. The van der Waals surface area contributed by atoms with Crippen molar-refractivity contribution in [3.63, 3.8) is 0 Å². The highest BCUT2D eigenvalue weighted by Gasteiger charge is 2.13. The first kappa shape index (κ1) is 16.2. The number of hydrogen-bond donors (Lipinski definition) is 2. The van der Waals surface area contributed by atoms with E-state index in [-0.39, 0.29) is 5.91 Å². The molecule has 0 bridgehead atoms. The first-order valence-electron chi connectivity index (χ1n) is 8.29. The van der Waals surface area contributed by atoms with E-state index in [1.165, 1.54) is 0 Å². The lowest BCUT2D eigenvalue weighted by atomic mass is 10.1. The van der Waals surface area contributed by atoms with Gasteiger partial charge in [0.1, 0.15) is 5.65 Å². The maximum absolute atomic E-state index is 11.8. The molecule has 8 nitrogen and oxygen atoms in total. The highest BCUT2D eigenvalue weighted by atomic mass is 16.2. The van der Waals surface area contributed by atoms with E-state index in [1.807, 2.05) is 49.5 Å². The van der Waals surface area contributed by atoms with E-state index in [2.05, 4.69) is 25.5 Å². The molecule has 8 heteroatoms. The molecule has 0 aliphatic rings. The van der Waals surface area contributed by atoms with Crippen LogP contribution in [0, 0.1) is 0 Å². The quantitative estimate of drug-likeness (QED) is 0.569. The Labute approximate surface area is 149 Å². The van der Waals surface area contributed by atoms with Gasteiger partial charge in [-0.05, 0) is 43.9 Å². The predicted molar refractivity (Wildman–Crippen MR) is 98.5 cm³/mol. The molecule has 0 aliphatic carbocycles. The number of carbonyl (C=O) groups excluding carboxylic acids is 1. The molecule has 4 heterocycles. The number of rotatable bonds is 5. The van der Waals surface area contributed by atoms with E-state index >= 15 is 0 Å². The van der Waals surface area contributed by atoms with Gasteiger partial charge in [0.05, 0.1) is 24.8 Å². The molecule has 0 radical (unpaired) electrons. The van der Waals surface area contributed by atoms with Gasteiger partial charge in [-0.1, -0.05) is 0 Å². The molecule has 4 rings (SSSR count). The number of amides is 1. The zero-order valence-electron chi connectivity index (χ0n) is 14.6. The monoisotopic (exact) mass is 349 g/mol. The van der Waals surface area contributed by atoms with Crippen LogP contribution in [0.25, 0.3) is 27.7 Å². The van der Waals surface area contributed by atoms with Crippen LogP contribution in [-0.4, -0.2) is 56.2 Å². The number of carbonyl (C=O) groups is 1. The van der Waals surface area contributed by atoms with E-state index in [0.29, 0.717) is 13.1 Å². The summed E-state index contributed by atoms with van der Waals surface area (Å²) in [6, 6.07) is 7.86. The van der Waals surface area contributed by atoms with Gasteiger partial charge in [0.15, 0.2) is 0 Å². The fourth-order valence-corrected chi connectivity index (χ4v) is 2.99. The van der Waals surface area contributed by atoms with Crippen LogP contribution in [-0.2, 0) is 11.3 Å². The molecule has 0 aromatic carbocycles. The van der Waals surface area contributed by atoms with Crippen LogP contribution < -0.4 is 5.32 Å². The molecule has 132 valence electrons. The van der Waals surface area contributed by atoms with Crippen LogP contribution in [0.1, 0.15) is 5.69 Å². The third-order valence-electron chi connectivity index (χ3n) is 4.12. The summed E-state index contributed by atoms with van der Waals surface area (Å²) in [6.45, 7) is 0.790. The Bertz CT molecular complexity index is 1080. The Morgan fingerprint density at radius 2 is 2.12 bits per heavy atom. The molecular formula is C18H19N7O. The van der Waals surface area contributed by atoms with Gasteiger partial charge in [-0.15, -0.1) is 0 Å². The van der Waals surface area contributed by atoms with Gasteiger partial charge in [0.2, 0.25) is 5.91 Å². The largest absolute Gasteiger partial charge is 0.349 e. The van der Waals surface area contributed by atoms with Gasteiger partial charge in [0, 0.05) is 29.0 Å². The molecular weight excluding hydrogens is 330 g/mol. The Kier molecular flexibility index (Phi) is 4.10. The number of fused-ring (bicyclic) bond motifs is 2. The van der Waals surface area contributed by atoms with Crippen LogP contribution in [0.2, 0.25) is 0 Å². The van der Waals surface area contributed by atoms with E-state index in [1.54, 1.807) is 17.0 Å². The van der Waals surface area contributed by atoms with Crippen molar-refractivity contribution in [2.75, 3.05) is 20.6 Å². The molecule has 2 N–H and O–H groups in total. The summed E-state index contributed by atoms with van der Waals surface area (Å²) in [7, 11) is 3.73. The molecule has 26 heavy (non-hydrogen) atoms. The van der Waals surface area contributed by atoms with Crippen molar-refractivity contribution in [3.8, 4) is 11.1 Å². The van der Waals surface area contributed by atoms with Gasteiger partial charge in [0.25, 0.3) is 0 Å². The summed E-state index contributed by atoms with van der Waals surface area (Å²) in [6.07, 6.45) is 5.28. The summed E-state index contributed by atoms with van der Waals surface area (Å²) >= 11 is 0. The maximum Gasteiger partial charge on any atom is 0.234 e. The average Bonchev–Trinajstić information content (AvgIpc) is 3.23. The summed E-state index contributed by atoms with van der Waals surface area (Å²) in [5, 5.41) is 12.4. The summed E-state index contributed by atoms with van der Waals surface area (Å²) < 4.78 is 1.61. The topological polar surface area (TPSA) is 91.2 Å². The van der Waals surface area contributed by atoms with Gasteiger partial charge < -0.3 is 15.2 Å². The SMILES string of the molecule is CN(C)CC(=O)NCc1cc2c(-c3cnn4ncccc34)ccnc2[nH]1. The lowest BCUT2D eigenvalue weighted by Gasteiger charge is -2.09.